The number of piperidine rings is 2. The molecule has 8 nitrogen and oxygen atoms in total. The van der Waals surface area contributed by atoms with Crippen molar-refractivity contribution in [2.75, 3.05) is 30.7 Å². The molecule has 0 radical (unpaired) electrons. The van der Waals surface area contributed by atoms with E-state index in [1.54, 1.807) is 16.4 Å². The molecule has 3 N–H and O–H groups in total. The number of sulfonamides is 1. The van der Waals surface area contributed by atoms with Gasteiger partial charge >= 0.3 is 0 Å². The van der Waals surface area contributed by atoms with Gasteiger partial charge in [0.25, 0.3) is 5.91 Å². The maximum Gasteiger partial charge on any atom is 0.253 e. The van der Waals surface area contributed by atoms with Gasteiger partial charge in [-0.05, 0) is 69.3 Å². The van der Waals surface area contributed by atoms with E-state index in [9.17, 15) is 18.0 Å². The van der Waals surface area contributed by atoms with E-state index in [1.165, 1.54) is 0 Å². The molecule has 10 heteroatoms. The Morgan fingerprint density at radius 2 is 2.13 bits per heavy atom. The van der Waals surface area contributed by atoms with Crippen molar-refractivity contribution in [1.82, 2.24) is 14.9 Å². The number of anilines is 1. The molecule has 1 aromatic carbocycles. The second-order valence-corrected chi connectivity index (χ2v) is 11.2. The first-order chi connectivity index (χ1) is 14.7. The first-order valence-corrected chi connectivity index (χ1v) is 12.8. The SMILES string of the molecule is C[C@@H]1C[C@H](NC(=O)c2cc3c(cc2Cl)NC(=O)C3)CCN1S(=O)(=O)C[C@H]1CCCNC1. The molecule has 3 atom stereocenters. The second kappa shape index (κ2) is 9.05. The van der Waals surface area contributed by atoms with E-state index >= 15 is 0 Å². The molecule has 0 unspecified atom stereocenters. The van der Waals surface area contributed by atoms with Crippen molar-refractivity contribution in [2.45, 2.75) is 51.1 Å². The fourth-order valence-corrected chi connectivity index (χ4v) is 7.18. The van der Waals surface area contributed by atoms with Crippen LogP contribution in [0.1, 0.15) is 48.5 Å². The maximum atomic E-state index is 13.0. The quantitative estimate of drug-likeness (QED) is 0.610. The summed E-state index contributed by atoms with van der Waals surface area (Å²) < 4.78 is 27.5. The number of hydrogen-bond donors (Lipinski definition) is 3. The highest BCUT2D eigenvalue weighted by Gasteiger charge is 2.36. The van der Waals surface area contributed by atoms with Gasteiger partial charge in [-0.3, -0.25) is 9.59 Å². The summed E-state index contributed by atoms with van der Waals surface area (Å²) in [6.07, 6.45) is 3.29. The standard InChI is InChI=1S/C21H29ClN4O4S/c1-13-7-16(4-6-26(13)31(29,30)12-14-3-2-5-23-11-14)24-21(28)17-8-15-9-20(27)25-19(15)10-18(17)22/h8,10,13-14,16,23H,2-7,9,11-12H2,1H3,(H,24,28)(H,25,27)/t13-,14+,16-/m1/s1. The molecule has 0 bridgehead atoms. The third-order valence-electron chi connectivity index (χ3n) is 6.42. The van der Waals surface area contributed by atoms with E-state index in [0.717, 1.165) is 31.5 Å². The Morgan fingerprint density at radius 1 is 1.32 bits per heavy atom. The number of nitrogens with zero attached hydrogens (tertiary/aromatic N) is 1. The summed E-state index contributed by atoms with van der Waals surface area (Å²) in [6, 6.07) is 2.95. The molecule has 0 aliphatic carbocycles. The normalized spacial score (nSPS) is 26.9. The lowest BCUT2D eigenvalue weighted by Gasteiger charge is -2.38. The van der Waals surface area contributed by atoms with E-state index in [-0.39, 0.29) is 47.0 Å². The summed E-state index contributed by atoms with van der Waals surface area (Å²) in [5.74, 6) is -0.0746. The van der Waals surface area contributed by atoms with Crippen LogP contribution in [-0.2, 0) is 21.2 Å². The smallest absolute Gasteiger partial charge is 0.253 e. The number of nitrogens with one attached hydrogen (secondary N) is 3. The Morgan fingerprint density at radius 3 is 2.84 bits per heavy atom. The molecule has 4 rings (SSSR count). The third kappa shape index (κ3) is 5.05. The number of carbonyl (C=O) groups is 2. The van der Waals surface area contributed by atoms with Crippen LogP contribution in [0.5, 0.6) is 0 Å². The fourth-order valence-electron chi connectivity index (χ4n) is 4.84. The van der Waals surface area contributed by atoms with Crippen molar-refractivity contribution in [3.05, 3.63) is 28.3 Å². The topological polar surface area (TPSA) is 108 Å². The molecule has 31 heavy (non-hydrogen) atoms. The highest BCUT2D eigenvalue weighted by atomic mass is 35.5. The van der Waals surface area contributed by atoms with Gasteiger partial charge in [0.05, 0.1) is 22.8 Å². The molecule has 3 heterocycles. The van der Waals surface area contributed by atoms with Crippen LogP contribution in [0.25, 0.3) is 0 Å². The summed E-state index contributed by atoms with van der Waals surface area (Å²) in [5, 5.41) is 9.28. The van der Waals surface area contributed by atoms with Crippen LogP contribution in [0.3, 0.4) is 0 Å². The number of rotatable bonds is 5. The van der Waals surface area contributed by atoms with Crippen LogP contribution < -0.4 is 16.0 Å². The minimum absolute atomic E-state index is 0.116. The van der Waals surface area contributed by atoms with Crippen LogP contribution in [0, 0.1) is 5.92 Å². The van der Waals surface area contributed by atoms with Crippen LogP contribution in [0.2, 0.25) is 5.02 Å². The monoisotopic (exact) mass is 468 g/mol. The number of carbonyl (C=O) groups excluding carboxylic acids is 2. The molecule has 1 aromatic rings. The molecule has 0 spiro atoms. The Bertz CT molecular complexity index is 978. The molecule has 0 aromatic heterocycles. The van der Waals surface area contributed by atoms with E-state index in [0.29, 0.717) is 30.6 Å². The van der Waals surface area contributed by atoms with Crippen LogP contribution >= 0.6 is 11.6 Å². The molecular weight excluding hydrogens is 440 g/mol. The van der Waals surface area contributed by atoms with Crippen molar-refractivity contribution in [3.63, 3.8) is 0 Å². The van der Waals surface area contributed by atoms with Gasteiger partial charge < -0.3 is 16.0 Å². The Labute approximate surface area is 188 Å². The zero-order valence-electron chi connectivity index (χ0n) is 17.6. The Hall–Kier alpha value is -1.68. The van der Waals surface area contributed by atoms with Gasteiger partial charge in [0, 0.05) is 24.3 Å². The molecule has 0 saturated carbocycles. The minimum Gasteiger partial charge on any atom is -0.349 e. The van der Waals surface area contributed by atoms with Crippen molar-refractivity contribution < 1.29 is 18.0 Å². The van der Waals surface area contributed by atoms with E-state index in [4.69, 9.17) is 11.6 Å². The molecule has 170 valence electrons. The third-order valence-corrected chi connectivity index (χ3v) is 8.88. The fraction of sp³-hybridized carbons (Fsp3) is 0.619. The molecule has 2 saturated heterocycles. The highest BCUT2D eigenvalue weighted by Crippen LogP contribution is 2.30. The van der Waals surface area contributed by atoms with Crippen LogP contribution in [-0.4, -0.2) is 62.0 Å². The number of benzene rings is 1. The van der Waals surface area contributed by atoms with Gasteiger partial charge in [0.1, 0.15) is 0 Å². The van der Waals surface area contributed by atoms with Crippen molar-refractivity contribution >= 4 is 39.1 Å². The van der Waals surface area contributed by atoms with Gasteiger partial charge in [-0.15, -0.1) is 0 Å². The van der Waals surface area contributed by atoms with E-state index < -0.39 is 10.0 Å². The number of hydrogen-bond acceptors (Lipinski definition) is 5. The predicted octanol–water partition coefficient (Wildman–Crippen LogP) is 1.75. The zero-order valence-corrected chi connectivity index (χ0v) is 19.2. The van der Waals surface area contributed by atoms with Gasteiger partial charge in [0.2, 0.25) is 15.9 Å². The lowest BCUT2D eigenvalue weighted by Crippen LogP contribution is -2.52. The molecular formula is C21H29ClN4O4S. The first kappa shape index (κ1) is 22.5. The second-order valence-electron chi connectivity index (χ2n) is 8.86. The van der Waals surface area contributed by atoms with Crippen molar-refractivity contribution in [2.24, 2.45) is 5.92 Å². The Kier molecular flexibility index (Phi) is 6.57. The van der Waals surface area contributed by atoms with Crippen molar-refractivity contribution in [3.8, 4) is 0 Å². The summed E-state index contributed by atoms with van der Waals surface area (Å²) >= 11 is 6.27. The lowest BCUT2D eigenvalue weighted by molar-refractivity contribution is -0.115. The van der Waals surface area contributed by atoms with Crippen molar-refractivity contribution in [1.29, 1.82) is 0 Å². The van der Waals surface area contributed by atoms with Crippen LogP contribution in [0.4, 0.5) is 5.69 Å². The van der Waals surface area contributed by atoms with Gasteiger partial charge in [-0.2, -0.15) is 4.31 Å². The molecule has 2 fully saturated rings. The Balaban J connectivity index is 1.36. The summed E-state index contributed by atoms with van der Waals surface area (Å²) in [7, 11) is -3.33. The highest BCUT2D eigenvalue weighted by molar-refractivity contribution is 7.89. The average Bonchev–Trinajstić information content (AvgIpc) is 3.06. The number of amides is 2. The van der Waals surface area contributed by atoms with E-state index in [1.807, 2.05) is 6.92 Å². The molecule has 3 aliphatic rings. The summed E-state index contributed by atoms with van der Waals surface area (Å²) in [6.45, 7) is 4.00. The molecule has 3 aliphatic heterocycles. The minimum atomic E-state index is -3.33. The maximum absolute atomic E-state index is 13.0. The summed E-state index contributed by atoms with van der Waals surface area (Å²) in [4.78, 5) is 24.4. The largest absolute Gasteiger partial charge is 0.349 e. The first-order valence-electron chi connectivity index (χ1n) is 10.9. The average molecular weight is 469 g/mol. The van der Waals surface area contributed by atoms with Gasteiger partial charge in [-0.25, -0.2) is 8.42 Å². The van der Waals surface area contributed by atoms with Crippen LogP contribution in [0.15, 0.2) is 12.1 Å². The number of halogens is 1. The lowest BCUT2D eigenvalue weighted by atomic mass is 9.99. The molecule has 2 amide bonds. The number of fused-ring (bicyclic) bond motifs is 1. The van der Waals surface area contributed by atoms with Gasteiger partial charge in [0.15, 0.2) is 0 Å². The summed E-state index contributed by atoms with van der Waals surface area (Å²) in [5.41, 5.74) is 1.74. The zero-order chi connectivity index (χ0) is 22.2. The van der Waals surface area contributed by atoms with E-state index in [2.05, 4.69) is 16.0 Å². The predicted molar refractivity (Wildman–Crippen MR) is 120 cm³/mol. The van der Waals surface area contributed by atoms with Gasteiger partial charge in [-0.1, -0.05) is 11.6 Å².